The number of fused-ring (bicyclic) bond motifs is 1. The van der Waals surface area contributed by atoms with E-state index >= 15 is 0 Å². The lowest BCUT2D eigenvalue weighted by molar-refractivity contribution is 0.0760. The summed E-state index contributed by atoms with van der Waals surface area (Å²) in [6.07, 6.45) is 1.85. The third-order valence-corrected chi connectivity index (χ3v) is 4.56. The molecular formula is C15H21N3O2S. The summed E-state index contributed by atoms with van der Waals surface area (Å²) in [5.74, 6) is 0.586. The number of nitrogens with one attached hydrogen (secondary N) is 1. The van der Waals surface area contributed by atoms with Gasteiger partial charge in [0.2, 0.25) is 0 Å². The summed E-state index contributed by atoms with van der Waals surface area (Å²) in [6, 6.07) is 0. The standard InChI is InChI=1S/C15H21N3O2S/c1-5-7-18(8-6-2)15(20)12-9(3)11-13(19)16-10(4)17-14(11)21-12/h5-8H2,1-4H3,(H,16,17,19). The van der Waals surface area contributed by atoms with E-state index in [-0.39, 0.29) is 11.5 Å². The zero-order chi connectivity index (χ0) is 15.6. The van der Waals surface area contributed by atoms with Crippen LogP contribution in [0.2, 0.25) is 0 Å². The van der Waals surface area contributed by atoms with E-state index in [1.54, 1.807) is 6.92 Å². The lowest BCUT2D eigenvalue weighted by atomic mass is 10.2. The third-order valence-electron chi connectivity index (χ3n) is 3.39. The number of rotatable bonds is 5. The van der Waals surface area contributed by atoms with Gasteiger partial charge in [-0.25, -0.2) is 4.98 Å². The molecule has 1 amide bonds. The first-order valence-electron chi connectivity index (χ1n) is 7.28. The largest absolute Gasteiger partial charge is 0.338 e. The molecule has 1 N–H and O–H groups in total. The molecule has 0 saturated heterocycles. The van der Waals surface area contributed by atoms with Crippen molar-refractivity contribution in [3.8, 4) is 0 Å². The van der Waals surface area contributed by atoms with Crippen molar-refractivity contribution in [2.75, 3.05) is 13.1 Å². The maximum absolute atomic E-state index is 12.7. The maximum atomic E-state index is 12.7. The fraction of sp³-hybridized carbons (Fsp3) is 0.533. The summed E-state index contributed by atoms with van der Waals surface area (Å²) in [5.41, 5.74) is 0.578. The zero-order valence-electron chi connectivity index (χ0n) is 12.9. The normalized spacial score (nSPS) is 11.0. The van der Waals surface area contributed by atoms with E-state index in [0.29, 0.717) is 20.9 Å². The first-order valence-corrected chi connectivity index (χ1v) is 8.10. The van der Waals surface area contributed by atoms with Crippen molar-refractivity contribution in [3.05, 3.63) is 26.6 Å². The van der Waals surface area contributed by atoms with Crippen LogP contribution in [0.4, 0.5) is 0 Å². The highest BCUT2D eigenvalue weighted by Crippen LogP contribution is 2.28. The summed E-state index contributed by atoms with van der Waals surface area (Å²) < 4.78 is 0. The molecule has 0 saturated carbocycles. The Bertz CT molecular complexity index is 712. The molecular weight excluding hydrogens is 286 g/mol. The van der Waals surface area contributed by atoms with Crippen molar-refractivity contribution in [2.24, 2.45) is 0 Å². The minimum Gasteiger partial charge on any atom is -0.338 e. The summed E-state index contributed by atoms with van der Waals surface area (Å²) in [6.45, 7) is 9.17. The van der Waals surface area contributed by atoms with Crippen LogP contribution in [0.1, 0.15) is 47.7 Å². The van der Waals surface area contributed by atoms with Gasteiger partial charge in [-0.15, -0.1) is 11.3 Å². The van der Waals surface area contributed by atoms with Crippen LogP contribution < -0.4 is 5.56 Å². The van der Waals surface area contributed by atoms with Gasteiger partial charge in [0.05, 0.1) is 10.3 Å². The monoisotopic (exact) mass is 307 g/mol. The fourth-order valence-electron chi connectivity index (χ4n) is 2.45. The van der Waals surface area contributed by atoms with E-state index in [4.69, 9.17) is 0 Å². The SMILES string of the molecule is CCCN(CCC)C(=O)c1sc2nc(C)[nH]c(=O)c2c1C. The molecule has 0 aromatic carbocycles. The minimum atomic E-state index is -0.164. The van der Waals surface area contributed by atoms with E-state index < -0.39 is 0 Å². The maximum Gasteiger partial charge on any atom is 0.264 e. The molecule has 2 heterocycles. The molecule has 0 atom stereocenters. The molecule has 2 aromatic rings. The van der Waals surface area contributed by atoms with E-state index in [0.717, 1.165) is 31.5 Å². The van der Waals surface area contributed by atoms with E-state index in [2.05, 4.69) is 23.8 Å². The van der Waals surface area contributed by atoms with Gasteiger partial charge in [-0.05, 0) is 32.3 Å². The Kier molecular flexibility index (Phi) is 4.77. The van der Waals surface area contributed by atoms with Crippen molar-refractivity contribution in [3.63, 3.8) is 0 Å². The van der Waals surface area contributed by atoms with Gasteiger partial charge in [-0.1, -0.05) is 13.8 Å². The highest BCUT2D eigenvalue weighted by molar-refractivity contribution is 7.20. The average Bonchev–Trinajstić information content (AvgIpc) is 2.74. The van der Waals surface area contributed by atoms with E-state index in [1.807, 2.05) is 11.8 Å². The number of amides is 1. The number of carbonyl (C=O) groups excluding carboxylic acids is 1. The molecule has 5 nitrogen and oxygen atoms in total. The molecule has 0 radical (unpaired) electrons. The summed E-state index contributed by atoms with van der Waals surface area (Å²) in [5, 5.41) is 0.543. The number of aromatic amines is 1. The Balaban J connectivity index is 2.51. The molecule has 21 heavy (non-hydrogen) atoms. The van der Waals surface area contributed by atoms with Gasteiger partial charge in [0.1, 0.15) is 10.7 Å². The fourth-order valence-corrected chi connectivity index (χ4v) is 3.65. The van der Waals surface area contributed by atoms with Crippen LogP contribution in [0.15, 0.2) is 4.79 Å². The van der Waals surface area contributed by atoms with Gasteiger partial charge in [0.25, 0.3) is 11.5 Å². The highest BCUT2D eigenvalue weighted by Gasteiger charge is 2.22. The Morgan fingerprint density at radius 1 is 1.24 bits per heavy atom. The number of carbonyl (C=O) groups is 1. The van der Waals surface area contributed by atoms with Gasteiger partial charge in [-0.2, -0.15) is 0 Å². The zero-order valence-corrected chi connectivity index (χ0v) is 13.8. The Hall–Kier alpha value is -1.69. The third kappa shape index (κ3) is 3.00. The molecule has 2 aromatic heterocycles. The molecule has 0 spiro atoms. The van der Waals surface area contributed by atoms with Crippen LogP contribution in [0.5, 0.6) is 0 Å². The van der Waals surface area contributed by atoms with Gasteiger partial charge in [0.15, 0.2) is 0 Å². The van der Waals surface area contributed by atoms with Crippen LogP contribution in [0, 0.1) is 13.8 Å². The summed E-state index contributed by atoms with van der Waals surface area (Å²) in [7, 11) is 0. The number of nitrogens with zero attached hydrogens (tertiary/aromatic N) is 2. The topological polar surface area (TPSA) is 66.1 Å². The van der Waals surface area contributed by atoms with Crippen LogP contribution in [0.3, 0.4) is 0 Å². The van der Waals surface area contributed by atoms with Gasteiger partial charge < -0.3 is 9.88 Å². The second kappa shape index (κ2) is 6.39. The first-order chi connectivity index (χ1) is 9.99. The molecule has 0 aliphatic rings. The molecule has 0 aliphatic carbocycles. The molecule has 6 heteroatoms. The second-order valence-electron chi connectivity index (χ2n) is 5.18. The second-order valence-corrected chi connectivity index (χ2v) is 6.18. The van der Waals surface area contributed by atoms with Crippen molar-refractivity contribution in [2.45, 2.75) is 40.5 Å². The number of hydrogen-bond acceptors (Lipinski definition) is 4. The van der Waals surface area contributed by atoms with Crippen molar-refractivity contribution in [1.82, 2.24) is 14.9 Å². The molecule has 2 rings (SSSR count). The number of H-pyrrole nitrogens is 1. The molecule has 0 aliphatic heterocycles. The van der Waals surface area contributed by atoms with E-state index in [9.17, 15) is 9.59 Å². The lowest BCUT2D eigenvalue weighted by Crippen LogP contribution is -2.32. The van der Waals surface area contributed by atoms with Crippen LogP contribution >= 0.6 is 11.3 Å². The van der Waals surface area contributed by atoms with Crippen LogP contribution in [0.25, 0.3) is 10.2 Å². The number of aromatic nitrogens is 2. The first kappa shape index (κ1) is 15.7. The van der Waals surface area contributed by atoms with Gasteiger partial charge in [0, 0.05) is 13.1 Å². The van der Waals surface area contributed by atoms with Gasteiger partial charge in [-0.3, -0.25) is 9.59 Å². The number of hydrogen-bond donors (Lipinski definition) is 1. The molecule has 114 valence electrons. The van der Waals surface area contributed by atoms with E-state index in [1.165, 1.54) is 11.3 Å². The van der Waals surface area contributed by atoms with Gasteiger partial charge >= 0.3 is 0 Å². The Morgan fingerprint density at radius 2 is 1.86 bits per heavy atom. The lowest BCUT2D eigenvalue weighted by Gasteiger charge is -2.21. The predicted molar refractivity (Wildman–Crippen MR) is 86.2 cm³/mol. The highest BCUT2D eigenvalue weighted by atomic mass is 32.1. The van der Waals surface area contributed by atoms with Crippen molar-refractivity contribution >= 4 is 27.5 Å². The molecule has 0 fully saturated rings. The molecule has 0 bridgehead atoms. The van der Waals surface area contributed by atoms with Crippen LogP contribution in [-0.2, 0) is 0 Å². The Labute approximate surface area is 128 Å². The molecule has 0 unspecified atom stereocenters. The van der Waals surface area contributed by atoms with Crippen molar-refractivity contribution in [1.29, 1.82) is 0 Å². The minimum absolute atomic E-state index is 0.0104. The number of thiophene rings is 1. The Morgan fingerprint density at radius 3 is 2.43 bits per heavy atom. The average molecular weight is 307 g/mol. The predicted octanol–water partition coefficient (Wildman–Crippen LogP) is 2.86. The smallest absolute Gasteiger partial charge is 0.264 e. The van der Waals surface area contributed by atoms with Crippen molar-refractivity contribution < 1.29 is 4.79 Å². The quantitative estimate of drug-likeness (QED) is 0.923. The summed E-state index contributed by atoms with van der Waals surface area (Å²) in [4.78, 5) is 35.0. The number of aryl methyl sites for hydroxylation is 2. The summed E-state index contributed by atoms with van der Waals surface area (Å²) >= 11 is 1.32. The van der Waals surface area contributed by atoms with Crippen LogP contribution in [-0.4, -0.2) is 33.9 Å².